The number of hydrogen-bond donors (Lipinski definition) is 4. The molecule has 2 heterocycles. The molecule has 0 spiro atoms. The molecule has 0 radical (unpaired) electrons. The number of hydrogen-bond acceptors (Lipinski definition) is 6. The van der Waals surface area contributed by atoms with Gasteiger partial charge in [-0.1, -0.05) is 45.1 Å². The third-order valence-corrected chi connectivity index (χ3v) is 11.8. The number of carbonyl (C=O) groups is 2. The molecule has 0 aromatic carbocycles. The monoisotopic (exact) mass is 562 g/mol. The fourth-order valence-corrected chi connectivity index (χ4v) is 10.1. The molecule has 2 fully saturated rings. The molecule has 35 heavy (non-hydrogen) atoms. The molecule has 0 aromatic heterocycles. The van der Waals surface area contributed by atoms with Crippen LogP contribution in [-0.4, -0.2) is 74.1 Å². The van der Waals surface area contributed by atoms with Gasteiger partial charge >= 0.3 is 12.2 Å². The van der Waals surface area contributed by atoms with Crippen LogP contribution in [0.25, 0.3) is 0 Å². The number of nitrogens with one attached hydrogen (secondary N) is 2. The van der Waals surface area contributed by atoms with E-state index in [2.05, 4.69) is 37.6 Å². The molecule has 0 bridgehead atoms. The lowest BCUT2D eigenvalue weighted by atomic mass is 9.72. The molecule has 0 aliphatic carbocycles. The summed E-state index contributed by atoms with van der Waals surface area (Å²) in [6, 6.07) is 0. The van der Waals surface area contributed by atoms with Crippen LogP contribution < -0.4 is 10.6 Å². The van der Waals surface area contributed by atoms with Crippen molar-refractivity contribution in [2.75, 3.05) is 46.0 Å². The van der Waals surface area contributed by atoms with E-state index in [1.54, 1.807) is 23.5 Å². The van der Waals surface area contributed by atoms with Crippen LogP contribution >= 0.6 is 47.0 Å². The first-order chi connectivity index (χ1) is 16.4. The Labute approximate surface area is 228 Å². The van der Waals surface area contributed by atoms with Gasteiger partial charge in [-0.2, -0.15) is 47.0 Å². The summed E-state index contributed by atoms with van der Waals surface area (Å²) >= 11 is 7.36. The molecule has 1 unspecified atom stereocenters. The maximum atomic E-state index is 11.9. The second kappa shape index (κ2) is 14.4. The van der Waals surface area contributed by atoms with Crippen molar-refractivity contribution in [2.24, 2.45) is 23.2 Å². The fraction of sp³-hybridized carbons (Fsp3) is 0.760. The lowest BCUT2D eigenvalue weighted by molar-refractivity contribution is 0.0702. The molecule has 4 N–H and O–H groups in total. The standard InChI is InChI=1S/C25H42N2O4S4/c1-17-9-32-13-20(14-33-10-17)6-7-24(4,5)8-19(3)25(26-22(28)29,27-23(30)31)21-15-34-11-18(2)12-35-16-21/h19-21,26-27H,1-2,6-16H2,3-5H3,(H,28,29)(H,30,31). The summed E-state index contributed by atoms with van der Waals surface area (Å²) in [5.41, 5.74) is 1.17. The number of carboxylic acid groups (broad SMARTS) is 2. The summed E-state index contributed by atoms with van der Waals surface area (Å²) in [5, 5.41) is 24.9. The minimum absolute atomic E-state index is 0.0531. The molecular formula is C25H42N2O4S4. The molecular weight excluding hydrogens is 521 g/mol. The van der Waals surface area contributed by atoms with Gasteiger partial charge in [0.25, 0.3) is 0 Å². The van der Waals surface area contributed by atoms with Crippen molar-refractivity contribution >= 4 is 59.2 Å². The van der Waals surface area contributed by atoms with Gasteiger partial charge in [0.1, 0.15) is 5.66 Å². The van der Waals surface area contributed by atoms with Gasteiger partial charge in [-0.05, 0) is 48.0 Å². The van der Waals surface area contributed by atoms with E-state index < -0.39 is 17.8 Å². The quantitative estimate of drug-likeness (QED) is 0.190. The minimum atomic E-state index is -1.25. The van der Waals surface area contributed by atoms with Gasteiger partial charge in [0.05, 0.1) is 0 Å². The number of amides is 2. The highest BCUT2D eigenvalue weighted by molar-refractivity contribution is 8.01. The minimum Gasteiger partial charge on any atom is -0.465 e. The highest BCUT2D eigenvalue weighted by atomic mass is 32.2. The zero-order valence-corrected chi connectivity index (χ0v) is 24.5. The number of rotatable bonds is 9. The Bertz CT molecular complexity index is 722. The average Bonchev–Trinajstić information content (AvgIpc) is 2.70. The summed E-state index contributed by atoms with van der Waals surface area (Å²) in [6.07, 6.45) is 0.462. The normalized spacial score (nSPS) is 20.8. The smallest absolute Gasteiger partial charge is 0.406 e. The molecule has 200 valence electrons. The molecule has 0 saturated carbocycles. The van der Waals surface area contributed by atoms with Gasteiger partial charge in [-0.15, -0.1) is 0 Å². The molecule has 2 amide bonds. The number of thioether (sulfide) groups is 4. The second-order valence-electron chi connectivity index (χ2n) is 10.7. The van der Waals surface area contributed by atoms with Gasteiger partial charge in [-0.3, -0.25) is 10.6 Å². The summed E-state index contributed by atoms with van der Waals surface area (Å²) in [4.78, 5) is 23.9. The summed E-state index contributed by atoms with van der Waals surface area (Å²) in [6.45, 7) is 14.7. The van der Waals surface area contributed by atoms with E-state index in [-0.39, 0.29) is 17.3 Å². The van der Waals surface area contributed by atoms with Crippen LogP contribution in [0.3, 0.4) is 0 Å². The van der Waals surface area contributed by atoms with Gasteiger partial charge < -0.3 is 10.2 Å². The predicted octanol–water partition coefficient (Wildman–Crippen LogP) is 6.36. The third-order valence-electron chi connectivity index (χ3n) is 6.71. The molecule has 2 saturated heterocycles. The van der Waals surface area contributed by atoms with E-state index in [0.29, 0.717) is 17.4 Å². The lowest BCUT2D eigenvalue weighted by Crippen LogP contribution is -2.69. The van der Waals surface area contributed by atoms with Crippen molar-refractivity contribution in [2.45, 2.75) is 45.7 Å². The summed E-state index contributed by atoms with van der Waals surface area (Å²) in [5.74, 6) is 7.58. The van der Waals surface area contributed by atoms with Crippen LogP contribution in [0.15, 0.2) is 24.3 Å². The van der Waals surface area contributed by atoms with Gasteiger partial charge in [0.2, 0.25) is 0 Å². The highest BCUT2D eigenvalue weighted by Crippen LogP contribution is 2.41. The first-order valence-corrected chi connectivity index (χ1v) is 16.7. The van der Waals surface area contributed by atoms with Crippen LogP contribution in [0.4, 0.5) is 9.59 Å². The fourth-order valence-electron chi connectivity index (χ4n) is 4.96. The first-order valence-electron chi connectivity index (χ1n) is 12.1. The second-order valence-corrected chi connectivity index (χ2v) is 14.8. The predicted molar refractivity (Wildman–Crippen MR) is 156 cm³/mol. The van der Waals surface area contributed by atoms with E-state index in [4.69, 9.17) is 0 Å². The van der Waals surface area contributed by atoms with Crippen molar-refractivity contribution in [3.8, 4) is 0 Å². The van der Waals surface area contributed by atoms with Crippen LogP contribution in [0.2, 0.25) is 0 Å². The van der Waals surface area contributed by atoms with Gasteiger partial charge in [-0.25, -0.2) is 9.59 Å². The molecule has 2 aliphatic heterocycles. The van der Waals surface area contributed by atoms with Crippen LogP contribution in [0.1, 0.15) is 40.0 Å². The third kappa shape index (κ3) is 10.4. The molecule has 6 nitrogen and oxygen atoms in total. The zero-order valence-electron chi connectivity index (χ0n) is 21.3. The molecule has 0 aromatic rings. The van der Waals surface area contributed by atoms with Gasteiger partial charge in [0.15, 0.2) is 0 Å². The first kappa shape index (κ1) is 30.6. The van der Waals surface area contributed by atoms with Crippen molar-refractivity contribution in [3.63, 3.8) is 0 Å². The average molecular weight is 563 g/mol. The Morgan fingerprint density at radius 3 is 1.77 bits per heavy atom. The molecule has 2 aliphatic rings. The van der Waals surface area contributed by atoms with Crippen molar-refractivity contribution in [1.82, 2.24) is 10.6 Å². The maximum absolute atomic E-state index is 11.9. The lowest BCUT2D eigenvalue weighted by Gasteiger charge is -2.47. The Kier molecular flexibility index (Phi) is 12.6. The molecule has 10 heteroatoms. The summed E-state index contributed by atoms with van der Waals surface area (Å²) in [7, 11) is 0. The topological polar surface area (TPSA) is 98.7 Å². The Balaban J connectivity index is 2.16. The van der Waals surface area contributed by atoms with E-state index >= 15 is 0 Å². The van der Waals surface area contributed by atoms with Crippen LogP contribution in [-0.2, 0) is 0 Å². The van der Waals surface area contributed by atoms with Crippen molar-refractivity contribution in [1.29, 1.82) is 0 Å². The Morgan fingerprint density at radius 2 is 1.34 bits per heavy atom. The zero-order chi connectivity index (χ0) is 26.1. The van der Waals surface area contributed by atoms with E-state index in [1.165, 1.54) is 5.57 Å². The largest absolute Gasteiger partial charge is 0.465 e. The van der Waals surface area contributed by atoms with Crippen LogP contribution in [0.5, 0.6) is 0 Å². The van der Waals surface area contributed by atoms with E-state index in [9.17, 15) is 19.8 Å². The molecule has 2 rings (SSSR count). The van der Waals surface area contributed by atoms with Gasteiger partial charge in [0, 0.05) is 40.4 Å². The Hall–Kier alpha value is -0.580. The Morgan fingerprint density at radius 1 is 0.914 bits per heavy atom. The maximum Gasteiger partial charge on any atom is 0.406 e. The van der Waals surface area contributed by atoms with Crippen LogP contribution in [0, 0.1) is 23.2 Å². The van der Waals surface area contributed by atoms with Crippen molar-refractivity contribution < 1.29 is 19.8 Å². The molecule has 1 atom stereocenters. The highest BCUT2D eigenvalue weighted by Gasteiger charge is 2.48. The van der Waals surface area contributed by atoms with E-state index in [1.807, 2.05) is 30.4 Å². The van der Waals surface area contributed by atoms with E-state index in [0.717, 1.165) is 59.4 Å². The van der Waals surface area contributed by atoms with Crippen molar-refractivity contribution in [3.05, 3.63) is 24.3 Å². The summed E-state index contributed by atoms with van der Waals surface area (Å²) < 4.78 is 0. The SMILES string of the molecule is C=C1CSCC(CCC(C)(C)CC(C)C(NC(=O)O)(NC(=O)O)C2CSCC(=C)CSC2)CSC1.